The molecule has 0 aliphatic rings. The zero-order valence-corrected chi connectivity index (χ0v) is 12.4. The van der Waals surface area contributed by atoms with Crippen LogP contribution in [-0.2, 0) is 0 Å². The molecule has 1 atom stereocenters. The summed E-state index contributed by atoms with van der Waals surface area (Å²) in [6.07, 6.45) is 0. The minimum Gasteiger partial charge on any atom is -0.494 e. The van der Waals surface area contributed by atoms with Crippen LogP contribution in [0.3, 0.4) is 0 Å². The Morgan fingerprint density at radius 1 is 1.21 bits per heavy atom. The number of hydrogen-bond acceptors (Lipinski definition) is 2. The van der Waals surface area contributed by atoms with E-state index in [9.17, 15) is 4.39 Å². The van der Waals surface area contributed by atoms with Crippen molar-refractivity contribution in [2.24, 2.45) is 0 Å². The predicted octanol–water partition coefficient (Wildman–Crippen LogP) is 4.77. The van der Waals surface area contributed by atoms with Gasteiger partial charge in [-0.1, -0.05) is 28.1 Å². The van der Waals surface area contributed by atoms with Crippen LogP contribution in [0, 0.1) is 5.82 Å². The molecule has 1 N–H and O–H groups in total. The largest absolute Gasteiger partial charge is 0.494 e. The molecule has 2 nitrogen and oxygen atoms in total. The molecule has 0 saturated carbocycles. The Balaban J connectivity index is 2.17. The highest BCUT2D eigenvalue weighted by Gasteiger charge is 2.08. The molecule has 0 heterocycles. The topological polar surface area (TPSA) is 21.3 Å². The van der Waals surface area contributed by atoms with Crippen molar-refractivity contribution in [2.75, 3.05) is 12.4 Å². The van der Waals surface area contributed by atoms with Crippen LogP contribution in [0.1, 0.15) is 18.5 Å². The zero-order valence-electron chi connectivity index (χ0n) is 10.8. The quantitative estimate of drug-likeness (QED) is 0.875. The Labute approximate surface area is 120 Å². The lowest BCUT2D eigenvalue weighted by molar-refractivity contribution is 0.387. The van der Waals surface area contributed by atoms with Gasteiger partial charge >= 0.3 is 0 Å². The monoisotopic (exact) mass is 323 g/mol. The van der Waals surface area contributed by atoms with Crippen molar-refractivity contribution in [3.05, 3.63) is 58.3 Å². The third-order valence-electron chi connectivity index (χ3n) is 2.88. The maximum atomic E-state index is 13.3. The fraction of sp³-hybridized carbons (Fsp3) is 0.200. The van der Waals surface area contributed by atoms with E-state index in [1.807, 2.05) is 18.2 Å². The highest BCUT2D eigenvalue weighted by atomic mass is 79.9. The van der Waals surface area contributed by atoms with E-state index in [0.29, 0.717) is 0 Å². The lowest BCUT2D eigenvalue weighted by Gasteiger charge is -2.16. The Kier molecular flexibility index (Phi) is 4.43. The molecule has 0 saturated heterocycles. The molecular weight excluding hydrogens is 309 g/mol. The van der Waals surface area contributed by atoms with Gasteiger partial charge in [0.1, 0.15) is 0 Å². The second-order valence-corrected chi connectivity index (χ2v) is 5.19. The van der Waals surface area contributed by atoms with Crippen LogP contribution >= 0.6 is 15.9 Å². The number of halogens is 2. The molecule has 0 fully saturated rings. The standard InChI is InChI=1S/C15H15BrFNO/c1-10(11-4-3-5-12(16)8-11)18-13-6-7-14(17)15(9-13)19-2/h3-10,18H,1-2H3. The number of methoxy groups -OCH3 is 1. The Morgan fingerprint density at radius 3 is 2.68 bits per heavy atom. The number of rotatable bonds is 4. The molecular formula is C15H15BrFNO. The summed E-state index contributed by atoms with van der Waals surface area (Å²) < 4.78 is 19.3. The summed E-state index contributed by atoms with van der Waals surface area (Å²) in [6.45, 7) is 2.05. The summed E-state index contributed by atoms with van der Waals surface area (Å²) in [5, 5.41) is 3.32. The minimum absolute atomic E-state index is 0.118. The van der Waals surface area contributed by atoms with Crippen LogP contribution in [0.25, 0.3) is 0 Å². The van der Waals surface area contributed by atoms with Gasteiger partial charge in [0.15, 0.2) is 11.6 Å². The molecule has 0 aliphatic carbocycles. The van der Waals surface area contributed by atoms with Crippen molar-refractivity contribution in [2.45, 2.75) is 13.0 Å². The van der Waals surface area contributed by atoms with Crippen molar-refractivity contribution in [1.29, 1.82) is 0 Å². The second kappa shape index (κ2) is 6.06. The van der Waals surface area contributed by atoms with E-state index >= 15 is 0 Å². The van der Waals surface area contributed by atoms with E-state index in [1.165, 1.54) is 13.2 Å². The molecule has 0 amide bonds. The van der Waals surface area contributed by atoms with Gasteiger partial charge in [0.2, 0.25) is 0 Å². The summed E-state index contributed by atoms with van der Waals surface area (Å²) in [7, 11) is 1.46. The van der Waals surface area contributed by atoms with Gasteiger partial charge in [0.05, 0.1) is 7.11 Å². The third kappa shape index (κ3) is 3.47. The Morgan fingerprint density at radius 2 is 2.00 bits per heavy atom. The van der Waals surface area contributed by atoms with Crippen LogP contribution in [-0.4, -0.2) is 7.11 Å². The number of hydrogen-bond donors (Lipinski definition) is 1. The van der Waals surface area contributed by atoms with E-state index in [2.05, 4.69) is 34.2 Å². The third-order valence-corrected chi connectivity index (χ3v) is 3.38. The fourth-order valence-corrected chi connectivity index (χ4v) is 2.28. The molecule has 0 aliphatic heterocycles. The van der Waals surface area contributed by atoms with Crippen molar-refractivity contribution < 1.29 is 9.13 Å². The minimum atomic E-state index is -0.358. The zero-order chi connectivity index (χ0) is 13.8. The van der Waals surface area contributed by atoms with Gasteiger partial charge in [0.25, 0.3) is 0 Å². The molecule has 2 rings (SSSR count). The molecule has 4 heteroatoms. The van der Waals surface area contributed by atoms with Crippen molar-refractivity contribution >= 4 is 21.6 Å². The summed E-state index contributed by atoms with van der Waals surface area (Å²) in [6, 6.07) is 12.9. The average Bonchev–Trinajstić information content (AvgIpc) is 2.41. The van der Waals surface area contributed by atoms with Crippen LogP contribution < -0.4 is 10.1 Å². The first-order chi connectivity index (χ1) is 9.10. The first-order valence-electron chi connectivity index (χ1n) is 5.95. The van der Waals surface area contributed by atoms with Crippen LogP contribution in [0.15, 0.2) is 46.9 Å². The molecule has 2 aromatic rings. The lowest BCUT2D eigenvalue weighted by atomic mass is 10.1. The molecule has 0 radical (unpaired) electrons. The highest BCUT2D eigenvalue weighted by Crippen LogP contribution is 2.26. The van der Waals surface area contributed by atoms with E-state index in [-0.39, 0.29) is 17.6 Å². The van der Waals surface area contributed by atoms with E-state index in [0.717, 1.165) is 15.7 Å². The van der Waals surface area contributed by atoms with Gasteiger partial charge in [-0.05, 0) is 36.8 Å². The van der Waals surface area contributed by atoms with Crippen LogP contribution in [0.2, 0.25) is 0 Å². The molecule has 0 aromatic heterocycles. The summed E-state index contributed by atoms with van der Waals surface area (Å²) in [5.41, 5.74) is 1.98. The van der Waals surface area contributed by atoms with E-state index in [1.54, 1.807) is 12.1 Å². The summed E-state index contributed by atoms with van der Waals surface area (Å²) >= 11 is 3.45. The average molecular weight is 324 g/mol. The molecule has 100 valence electrons. The second-order valence-electron chi connectivity index (χ2n) is 4.27. The maximum absolute atomic E-state index is 13.3. The number of ether oxygens (including phenoxy) is 1. The first-order valence-corrected chi connectivity index (χ1v) is 6.75. The van der Waals surface area contributed by atoms with Gasteiger partial charge in [-0.2, -0.15) is 0 Å². The van der Waals surface area contributed by atoms with Gasteiger partial charge in [-0.15, -0.1) is 0 Å². The van der Waals surface area contributed by atoms with E-state index < -0.39 is 0 Å². The van der Waals surface area contributed by atoms with Gasteiger partial charge in [0, 0.05) is 22.3 Å². The van der Waals surface area contributed by atoms with Gasteiger partial charge < -0.3 is 10.1 Å². The smallest absolute Gasteiger partial charge is 0.165 e. The summed E-state index contributed by atoms with van der Waals surface area (Å²) in [4.78, 5) is 0. The Bertz CT molecular complexity index is 574. The van der Waals surface area contributed by atoms with Crippen LogP contribution in [0.4, 0.5) is 10.1 Å². The number of anilines is 1. The maximum Gasteiger partial charge on any atom is 0.165 e. The Hall–Kier alpha value is -1.55. The van der Waals surface area contributed by atoms with Gasteiger partial charge in [-0.25, -0.2) is 4.39 Å². The van der Waals surface area contributed by atoms with E-state index in [4.69, 9.17) is 4.74 Å². The highest BCUT2D eigenvalue weighted by molar-refractivity contribution is 9.10. The van der Waals surface area contributed by atoms with Crippen molar-refractivity contribution in [1.82, 2.24) is 0 Å². The predicted molar refractivity (Wildman–Crippen MR) is 79.1 cm³/mol. The summed E-state index contributed by atoms with van der Waals surface area (Å²) in [5.74, 6) is -0.116. The SMILES string of the molecule is COc1cc(NC(C)c2cccc(Br)c2)ccc1F. The molecule has 19 heavy (non-hydrogen) atoms. The number of benzene rings is 2. The molecule has 1 unspecified atom stereocenters. The molecule has 0 spiro atoms. The lowest BCUT2D eigenvalue weighted by Crippen LogP contribution is -2.06. The van der Waals surface area contributed by atoms with Crippen LogP contribution in [0.5, 0.6) is 5.75 Å². The van der Waals surface area contributed by atoms with Crippen molar-refractivity contribution in [3.8, 4) is 5.75 Å². The first kappa shape index (κ1) is 13.9. The van der Waals surface area contributed by atoms with Crippen molar-refractivity contribution in [3.63, 3.8) is 0 Å². The molecule has 0 bridgehead atoms. The number of nitrogens with one attached hydrogen (secondary N) is 1. The normalized spacial score (nSPS) is 12.0. The fourth-order valence-electron chi connectivity index (χ4n) is 1.86. The van der Waals surface area contributed by atoms with Gasteiger partial charge in [-0.3, -0.25) is 0 Å². The molecule has 2 aromatic carbocycles.